The van der Waals surface area contributed by atoms with E-state index in [1.807, 2.05) is 68.4 Å². The van der Waals surface area contributed by atoms with Crippen molar-refractivity contribution in [1.82, 2.24) is 10.2 Å². The first-order valence-electron chi connectivity index (χ1n) is 9.92. The highest BCUT2D eigenvalue weighted by atomic mass is 79.9. The van der Waals surface area contributed by atoms with E-state index in [4.69, 9.17) is 0 Å². The molecule has 1 N–H and O–H groups in total. The highest BCUT2D eigenvalue weighted by Crippen LogP contribution is 2.20. The molecular weight excluding hydrogens is 448 g/mol. The average Bonchev–Trinajstić information content (AvgIpc) is 2.73. The minimum Gasteiger partial charge on any atom is -0.352 e. The van der Waals surface area contributed by atoms with Gasteiger partial charge >= 0.3 is 0 Å². The van der Waals surface area contributed by atoms with Crippen LogP contribution in [-0.4, -0.2) is 34.6 Å². The Balaban J connectivity index is 2.06. The zero-order chi connectivity index (χ0) is 21.2. The number of thioether (sulfide) groups is 1. The highest BCUT2D eigenvalue weighted by molar-refractivity contribution is 9.10. The normalized spacial score (nSPS) is 12.8. The largest absolute Gasteiger partial charge is 0.352 e. The number of nitrogens with one attached hydrogen (secondary N) is 1. The summed E-state index contributed by atoms with van der Waals surface area (Å²) in [6, 6.07) is 17.5. The van der Waals surface area contributed by atoms with Gasteiger partial charge in [-0.1, -0.05) is 53.2 Å². The van der Waals surface area contributed by atoms with Crippen LogP contribution in [0.15, 0.2) is 64.0 Å². The van der Waals surface area contributed by atoms with Crippen LogP contribution in [-0.2, 0) is 16.1 Å². The van der Waals surface area contributed by atoms with E-state index in [2.05, 4.69) is 21.2 Å². The first-order chi connectivity index (χ1) is 13.9. The van der Waals surface area contributed by atoms with E-state index in [1.54, 1.807) is 23.6 Å². The molecular formula is C23H29BrN2O2S. The summed E-state index contributed by atoms with van der Waals surface area (Å²) in [4.78, 5) is 28.5. The number of carbonyl (C=O) groups excluding carboxylic acids is 2. The third-order valence-electron chi connectivity index (χ3n) is 4.76. The monoisotopic (exact) mass is 476 g/mol. The van der Waals surface area contributed by atoms with Gasteiger partial charge < -0.3 is 10.2 Å². The second kappa shape index (κ2) is 12.0. The molecule has 0 aliphatic rings. The number of rotatable bonds is 10. The summed E-state index contributed by atoms with van der Waals surface area (Å²) in [6.45, 7) is 6.22. The Kier molecular flexibility index (Phi) is 9.74. The minimum absolute atomic E-state index is 0.0110. The van der Waals surface area contributed by atoms with Gasteiger partial charge in [0, 0.05) is 34.1 Å². The predicted molar refractivity (Wildman–Crippen MR) is 124 cm³/mol. The third kappa shape index (κ3) is 7.86. The molecule has 2 atom stereocenters. The van der Waals surface area contributed by atoms with Crippen molar-refractivity contribution >= 4 is 39.5 Å². The van der Waals surface area contributed by atoms with Gasteiger partial charge in [-0.05, 0) is 50.1 Å². The van der Waals surface area contributed by atoms with E-state index in [9.17, 15) is 9.59 Å². The minimum atomic E-state index is -0.526. The fourth-order valence-electron chi connectivity index (χ4n) is 2.75. The molecule has 4 nitrogen and oxygen atoms in total. The number of hydrogen-bond acceptors (Lipinski definition) is 3. The first-order valence-corrected chi connectivity index (χ1v) is 11.7. The Bertz CT molecular complexity index is 783. The maximum atomic E-state index is 13.0. The second-order valence-electron chi connectivity index (χ2n) is 7.05. The van der Waals surface area contributed by atoms with Gasteiger partial charge in [0.15, 0.2) is 0 Å². The number of benzene rings is 2. The molecule has 156 valence electrons. The van der Waals surface area contributed by atoms with Gasteiger partial charge in [-0.15, -0.1) is 11.8 Å². The molecule has 0 saturated heterocycles. The van der Waals surface area contributed by atoms with Crippen LogP contribution in [0.4, 0.5) is 0 Å². The van der Waals surface area contributed by atoms with Crippen LogP contribution in [0.25, 0.3) is 0 Å². The fraction of sp³-hybridized carbons (Fsp3) is 0.391. The molecule has 6 heteroatoms. The molecule has 0 aliphatic carbocycles. The number of amides is 2. The molecule has 2 rings (SSSR count). The third-order valence-corrected chi connectivity index (χ3v) is 6.30. The lowest BCUT2D eigenvalue weighted by molar-refractivity contribution is -0.140. The molecule has 0 aliphatic heterocycles. The molecule has 0 heterocycles. The molecule has 0 radical (unpaired) electrons. The molecule has 0 bridgehead atoms. The number of hydrogen-bond donors (Lipinski definition) is 1. The zero-order valence-corrected chi connectivity index (χ0v) is 19.6. The first kappa shape index (κ1) is 23.5. The van der Waals surface area contributed by atoms with Crippen LogP contribution in [0, 0.1) is 0 Å². The molecule has 2 aromatic rings. The molecule has 29 heavy (non-hydrogen) atoms. The van der Waals surface area contributed by atoms with Gasteiger partial charge in [0.25, 0.3) is 0 Å². The van der Waals surface area contributed by atoms with Crippen molar-refractivity contribution in [1.29, 1.82) is 0 Å². The van der Waals surface area contributed by atoms with E-state index in [1.165, 1.54) is 0 Å². The topological polar surface area (TPSA) is 49.4 Å². The van der Waals surface area contributed by atoms with E-state index in [-0.39, 0.29) is 17.9 Å². The van der Waals surface area contributed by atoms with Gasteiger partial charge in [0.1, 0.15) is 6.04 Å². The molecule has 2 aromatic carbocycles. The predicted octanol–water partition coefficient (Wildman–Crippen LogP) is 5.26. The molecule has 2 amide bonds. The number of nitrogens with zero attached hydrogens (tertiary/aromatic N) is 1. The Labute approximate surface area is 186 Å². The second-order valence-corrected chi connectivity index (χ2v) is 9.14. The average molecular weight is 477 g/mol. The van der Waals surface area contributed by atoms with Gasteiger partial charge in [-0.25, -0.2) is 0 Å². The molecule has 0 aromatic heterocycles. The fourth-order valence-corrected chi connectivity index (χ4v) is 3.88. The smallest absolute Gasteiger partial charge is 0.242 e. The van der Waals surface area contributed by atoms with Crippen molar-refractivity contribution in [2.45, 2.75) is 57.1 Å². The molecule has 0 saturated carbocycles. The summed E-state index contributed by atoms with van der Waals surface area (Å²) >= 11 is 5.09. The highest BCUT2D eigenvalue weighted by Gasteiger charge is 2.26. The van der Waals surface area contributed by atoms with Crippen LogP contribution < -0.4 is 5.32 Å². The van der Waals surface area contributed by atoms with Crippen molar-refractivity contribution in [2.75, 3.05) is 5.75 Å². The van der Waals surface area contributed by atoms with Crippen LogP contribution >= 0.6 is 27.7 Å². The van der Waals surface area contributed by atoms with Crippen LogP contribution in [0.2, 0.25) is 0 Å². The van der Waals surface area contributed by atoms with E-state index in [0.717, 1.165) is 21.4 Å². The maximum Gasteiger partial charge on any atom is 0.242 e. The van der Waals surface area contributed by atoms with Crippen LogP contribution in [0.5, 0.6) is 0 Å². The lowest BCUT2D eigenvalue weighted by Crippen LogP contribution is -2.49. The van der Waals surface area contributed by atoms with Crippen molar-refractivity contribution in [3.8, 4) is 0 Å². The Morgan fingerprint density at radius 2 is 1.72 bits per heavy atom. The SMILES string of the molecule is CC[C@H](C)NC(=O)[C@@H](C)N(Cc1ccc(Br)cc1)C(=O)CCSc1ccccc1. The van der Waals surface area contributed by atoms with Crippen molar-refractivity contribution in [2.24, 2.45) is 0 Å². The lowest BCUT2D eigenvalue weighted by Gasteiger charge is -2.29. The molecule has 0 unspecified atom stereocenters. The zero-order valence-electron chi connectivity index (χ0n) is 17.2. The van der Waals surface area contributed by atoms with Crippen molar-refractivity contribution < 1.29 is 9.59 Å². The summed E-state index contributed by atoms with van der Waals surface area (Å²) in [7, 11) is 0. The molecule has 0 spiro atoms. The summed E-state index contributed by atoms with van der Waals surface area (Å²) in [5, 5.41) is 3.00. The van der Waals surface area contributed by atoms with Gasteiger partial charge in [0.2, 0.25) is 11.8 Å². The summed E-state index contributed by atoms with van der Waals surface area (Å²) in [6.07, 6.45) is 1.24. The maximum absolute atomic E-state index is 13.0. The quantitative estimate of drug-likeness (QED) is 0.475. The molecule has 0 fully saturated rings. The summed E-state index contributed by atoms with van der Waals surface area (Å²) in [5.74, 6) is 0.558. The van der Waals surface area contributed by atoms with Crippen molar-refractivity contribution in [3.63, 3.8) is 0 Å². The van der Waals surface area contributed by atoms with E-state index in [0.29, 0.717) is 18.7 Å². The Hall–Kier alpha value is -1.79. The summed E-state index contributed by atoms with van der Waals surface area (Å²) in [5.41, 5.74) is 1.00. The Morgan fingerprint density at radius 3 is 2.34 bits per heavy atom. The summed E-state index contributed by atoms with van der Waals surface area (Å²) < 4.78 is 0.987. The van der Waals surface area contributed by atoms with Gasteiger partial charge in [-0.2, -0.15) is 0 Å². The van der Waals surface area contributed by atoms with Crippen LogP contribution in [0.3, 0.4) is 0 Å². The standard InChI is InChI=1S/C23H29BrN2O2S/c1-4-17(2)25-23(28)18(3)26(16-19-10-12-20(24)13-11-19)22(27)14-15-29-21-8-6-5-7-9-21/h5-13,17-18H,4,14-16H2,1-3H3,(H,25,28)/t17-,18+/m0/s1. The van der Waals surface area contributed by atoms with Gasteiger partial charge in [-0.3, -0.25) is 9.59 Å². The van der Waals surface area contributed by atoms with Crippen molar-refractivity contribution in [3.05, 3.63) is 64.6 Å². The Morgan fingerprint density at radius 1 is 1.07 bits per heavy atom. The van der Waals surface area contributed by atoms with Gasteiger partial charge in [0.05, 0.1) is 0 Å². The lowest BCUT2D eigenvalue weighted by atomic mass is 10.1. The van der Waals surface area contributed by atoms with E-state index < -0.39 is 6.04 Å². The number of carbonyl (C=O) groups is 2. The number of halogens is 1. The van der Waals surface area contributed by atoms with E-state index >= 15 is 0 Å². The van der Waals surface area contributed by atoms with Crippen LogP contribution in [0.1, 0.15) is 39.2 Å².